The first-order valence-electron chi connectivity index (χ1n) is 7.66. The highest BCUT2D eigenvalue weighted by Gasteiger charge is 2.35. The molecule has 0 saturated carbocycles. The average Bonchev–Trinajstić information content (AvgIpc) is 3.05. The fraction of sp³-hybridized carbons (Fsp3) is 0.222. The van der Waals surface area contributed by atoms with Crippen molar-refractivity contribution in [3.05, 3.63) is 58.9 Å². The van der Waals surface area contributed by atoms with Crippen molar-refractivity contribution in [2.75, 3.05) is 7.11 Å². The van der Waals surface area contributed by atoms with E-state index in [9.17, 15) is 18.0 Å². The Morgan fingerprint density at radius 3 is 2.65 bits per heavy atom. The lowest BCUT2D eigenvalue weighted by molar-refractivity contribution is -0.144. The van der Waals surface area contributed by atoms with Gasteiger partial charge in [-0.15, -0.1) is 0 Å². The maximum atomic E-state index is 12.8. The number of aromatic amines is 1. The largest absolute Gasteiger partial charge is 0.489 e. The summed E-state index contributed by atoms with van der Waals surface area (Å²) in [6, 6.07) is 9.84. The zero-order chi connectivity index (χ0) is 18.9. The summed E-state index contributed by atoms with van der Waals surface area (Å²) in [5.41, 5.74) is 1.99. The molecule has 1 aromatic heterocycles. The number of hydrogen-bond donors (Lipinski definition) is 1. The Morgan fingerprint density at radius 2 is 1.96 bits per heavy atom. The van der Waals surface area contributed by atoms with Crippen molar-refractivity contribution >= 4 is 17.0 Å². The molecule has 0 saturated heterocycles. The lowest BCUT2D eigenvalue weighted by atomic mass is 10.1. The summed E-state index contributed by atoms with van der Waals surface area (Å²) in [4.78, 5) is 17.6. The number of alkyl halides is 3. The van der Waals surface area contributed by atoms with Gasteiger partial charge in [0.15, 0.2) is 0 Å². The molecule has 0 radical (unpaired) electrons. The number of nitrogens with zero attached hydrogens (tertiary/aromatic N) is 1. The highest BCUT2D eigenvalue weighted by molar-refractivity contribution is 5.90. The molecule has 3 rings (SSSR count). The van der Waals surface area contributed by atoms with Crippen LogP contribution in [0.4, 0.5) is 13.2 Å². The molecule has 0 unspecified atom stereocenters. The molecule has 3 aromatic rings. The summed E-state index contributed by atoms with van der Waals surface area (Å²) in [5, 5.41) is 0. The third kappa shape index (κ3) is 3.49. The number of hydrogen-bond acceptors (Lipinski definition) is 4. The maximum Gasteiger partial charge on any atom is 0.449 e. The molecule has 26 heavy (non-hydrogen) atoms. The number of aryl methyl sites for hydroxylation is 1. The Balaban J connectivity index is 1.87. The molecule has 0 aliphatic rings. The number of carbonyl (C=O) groups excluding carboxylic acids is 1. The van der Waals surface area contributed by atoms with Gasteiger partial charge in [0.2, 0.25) is 5.82 Å². The van der Waals surface area contributed by atoms with Crippen LogP contribution in [-0.2, 0) is 17.5 Å². The molecule has 136 valence electrons. The van der Waals surface area contributed by atoms with Crippen LogP contribution in [0.5, 0.6) is 5.75 Å². The van der Waals surface area contributed by atoms with Gasteiger partial charge in [-0.25, -0.2) is 9.78 Å². The van der Waals surface area contributed by atoms with E-state index in [-0.39, 0.29) is 17.6 Å². The van der Waals surface area contributed by atoms with Crippen molar-refractivity contribution in [1.82, 2.24) is 9.97 Å². The van der Waals surface area contributed by atoms with E-state index < -0.39 is 18.0 Å². The lowest BCUT2D eigenvalue weighted by Gasteiger charge is -2.10. The maximum absolute atomic E-state index is 12.8. The summed E-state index contributed by atoms with van der Waals surface area (Å²) in [5.74, 6) is -1.17. The molecule has 2 aromatic carbocycles. The fourth-order valence-electron chi connectivity index (χ4n) is 2.59. The number of imidazole rings is 1. The van der Waals surface area contributed by atoms with Crippen LogP contribution in [0.25, 0.3) is 11.0 Å². The number of carbonyl (C=O) groups is 1. The number of rotatable bonds is 4. The predicted molar refractivity (Wildman–Crippen MR) is 87.9 cm³/mol. The van der Waals surface area contributed by atoms with Crippen LogP contribution in [0.3, 0.4) is 0 Å². The summed E-state index contributed by atoms with van der Waals surface area (Å²) in [7, 11) is 1.29. The van der Waals surface area contributed by atoms with E-state index >= 15 is 0 Å². The van der Waals surface area contributed by atoms with Gasteiger partial charge in [0.25, 0.3) is 0 Å². The molecule has 1 heterocycles. The summed E-state index contributed by atoms with van der Waals surface area (Å²) >= 11 is 0. The number of H-pyrrole nitrogens is 1. The fourth-order valence-corrected chi connectivity index (χ4v) is 2.59. The van der Waals surface area contributed by atoms with Crippen molar-refractivity contribution in [3.8, 4) is 5.75 Å². The highest BCUT2D eigenvalue weighted by atomic mass is 19.4. The van der Waals surface area contributed by atoms with Crippen LogP contribution in [0.1, 0.15) is 27.3 Å². The van der Waals surface area contributed by atoms with Crippen LogP contribution >= 0.6 is 0 Å². The average molecular weight is 364 g/mol. The summed E-state index contributed by atoms with van der Waals surface area (Å²) in [6.07, 6.45) is -4.55. The smallest absolute Gasteiger partial charge is 0.449 e. The Hall–Kier alpha value is -3.03. The molecular weight excluding hydrogens is 349 g/mol. The van der Waals surface area contributed by atoms with Crippen molar-refractivity contribution in [2.24, 2.45) is 0 Å². The summed E-state index contributed by atoms with van der Waals surface area (Å²) < 4.78 is 48.8. The molecule has 0 atom stereocenters. The van der Waals surface area contributed by atoms with E-state index in [1.165, 1.54) is 13.2 Å². The lowest BCUT2D eigenvalue weighted by Crippen LogP contribution is -2.07. The second kappa shape index (κ2) is 6.70. The number of methoxy groups -OCH3 is 1. The monoisotopic (exact) mass is 364 g/mol. The summed E-state index contributed by atoms with van der Waals surface area (Å²) in [6.45, 7) is 1.72. The van der Waals surface area contributed by atoms with Gasteiger partial charge >= 0.3 is 12.1 Å². The standard InChI is InChI=1S/C18H15F3N2O3/c1-10-7-12(8-14-15(10)23-17(22-14)18(19,20)21)26-9-11-5-3-4-6-13(11)16(24)25-2/h3-8H,9H2,1-2H3,(H,22,23). The molecule has 0 bridgehead atoms. The Morgan fingerprint density at radius 1 is 1.23 bits per heavy atom. The minimum Gasteiger partial charge on any atom is -0.489 e. The van der Waals surface area contributed by atoms with Crippen LogP contribution in [0.2, 0.25) is 0 Å². The molecule has 0 spiro atoms. The number of nitrogens with one attached hydrogen (secondary N) is 1. The minimum absolute atomic E-state index is 0.0660. The number of esters is 1. The third-order valence-electron chi connectivity index (χ3n) is 3.84. The molecule has 0 amide bonds. The molecule has 0 aliphatic carbocycles. The molecule has 0 aliphatic heterocycles. The predicted octanol–water partition coefficient (Wildman–Crippen LogP) is 4.26. The van der Waals surface area contributed by atoms with Crippen molar-refractivity contribution in [3.63, 3.8) is 0 Å². The van der Waals surface area contributed by atoms with Gasteiger partial charge < -0.3 is 14.5 Å². The van der Waals surface area contributed by atoms with Crippen LogP contribution in [0, 0.1) is 6.92 Å². The normalized spacial score (nSPS) is 11.6. The van der Waals surface area contributed by atoms with Gasteiger partial charge in [-0.2, -0.15) is 13.2 Å². The SMILES string of the molecule is COC(=O)c1ccccc1COc1cc(C)c2nc(C(F)(F)F)[nH]c2c1. The van der Waals surface area contributed by atoms with Gasteiger partial charge in [0, 0.05) is 11.6 Å². The first-order chi connectivity index (χ1) is 12.3. The van der Waals surface area contributed by atoms with E-state index in [1.54, 1.807) is 37.3 Å². The van der Waals surface area contributed by atoms with E-state index in [2.05, 4.69) is 9.97 Å². The van der Waals surface area contributed by atoms with Gasteiger partial charge in [0.1, 0.15) is 12.4 Å². The Kier molecular flexibility index (Phi) is 4.58. The second-order valence-electron chi connectivity index (χ2n) is 5.66. The zero-order valence-corrected chi connectivity index (χ0v) is 14.0. The third-order valence-corrected chi connectivity index (χ3v) is 3.84. The van der Waals surface area contributed by atoms with Gasteiger partial charge in [-0.1, -0.05) is 18.2 Å². The quantitative estimate of drug-likeness (QED) is 0.703. The number of benzene rings is 2. The molecule has 1 N–H and O–H groups in total. The molecule has 0 fully saturated rings. The minimum atomic E-state index is -4.55. The van der Waals surface area contributed by atoms with Gasteiger partial charge in [-0.3, -0.25) is 0 Å². The molecule has 5 nitrogen and oxygen atoms in total. The van der Waals surface area contributed by atoms with Crippen molar-refractivity contribution in [1.29, 1.82) is 0 Å². The van der Waals surface area contributed by atoms with E-state index in [1.807, 2.05) is 0 Å². The first-order valence-corrected chi connectivity index (χ1v) is 7.66. The zero-order valence-electron chi connectivity index (χ0n) is 14.0. The Labute approximate surface area is 146 Å². The van der Waals surface area contributed by atoms with Crippen LogP contribution < -0.4 is 4.74 Å². The second-order valence-corrected chi connectivity index (χ2v) is 5.66. The first kappa shape index (κ1) is 17.8. The molecular formula is C18H15F3N2O3. The van der Waals surface area contributed by atoms with Gasteiger partial charge in [0.05, 0.1) is 23.7 Å². The topological polar surface area (TPSA) is 64.2 Å². The van der Waals surface area contributed by atoms with Gasteiger partial charge in [-0.05, 0) is 24.6 Å². The number of halogens is 3. The van der Waals surface area contributed by atoms with Crippen molar-refractivity contribution < 1.29 is 27.4 Å². The number of fused-ring (bicyclic) bond motifs is 1. The highest BCUT2D eigenvalue weighted by Crippen LogP contribution is 2.31. The van der Waals surface area contributed by atoms with E-state index in [4.69, 9.17) is 9.47 Å². The van der Waals surface area contributed by atoms with Crippen LogP contribution in [-0.4, -0.2) is 23.0 Å². The number of aromatic nitrogens is 2. The van der Waals surface area contributed by atoms with Crippen LogP contribution in [0.15, 0.2) is 36.4 Å². The molecule has 8 heteroatoms. The number of ether oxygens (including phenoxy) is 2. The van der Waals surface area contributed by atoms with E-state index in [0.717, 1.165) is 0 Å². The van der Waals surface area contributed by atoms with E-state index in [0.29, 0.717) is 22.4 Å². The Bertz CT molecular complexity index is 964. The van der Waals surface area contributed by atoms with Crippen molar-refractivity contribution in [2.45, 2.75) is 19.7 Å².